The molecule has 0 aromatic carbocycles. The summed E-state index contributed by atoms with van der Waals surface area (Å²) in [6, 6.07) is 3.98. The Morgan fingerprint density at radius 3 is 2.96 bits per heavy atom. The minimum atomic E-state index is -0.223. The van der Waals surface area contributed by atoms with Gasteiger partial charge in [-0.25, -0.2) is 0 Å². The van der Waals surface area contributed by atoms with E-state index >= 15 is 0 Å². The number of furan rings is 1. The molecule has 0 aliphatic carbocycles. The molecule has 0 spiro atoms. The predicted octanol–water partition coefficient (Wildman–Crippen LogP) is 1.44. The maximum atomic E-state index is 11.2. The zero-order chi connectivity index (χ0) is 18.2. The Hall–Kier alpha value is -2.02. The summed E-state index contributed by atoms with van der Waals surface area (Å²) in [7, 11) is 4.05. The smallest absolute Gasteiger partial charge is 0.217 e. The van der Waals surface area contributed by atoms with Crippen LogP contribution in [0.1, 0.15) is 38.0 Å². The highest BCUT2D eigenvalue weighted by Crippen LogP contribution is 2.21. The lowest BCUT2D eigenvalue weighted by Crippen LogP contribution is -2.47. The number of hydrogen-bond acceptors (Lipinski definition) is 4. The summed E-state index contributed by atoms with van der Waals surface area (Å²) in [6.45, 7) is 5.26. The largest absolute Gasteiger partial charge is 0.468 e. The second-order valence-corrected chi connectivity index (χ2v) is 6.81. The van der Waals surface area contributed by atoms with Crippen molar-refractivity contribution in [1.82, 2.24) is 15.1 Å². The van der Waals surface area contributed by atoms with Gasteiger partial charge in [0.25, 0.3) is 0 Å². The number of piperidine rings is 1. The van der Waals surface area contributed by atoms with Crippen molar-refractivity contribution < 1.29 is 9.21 Å². The lowest BCUT2D eigenvalue weighted by atomic mass is 9.95. The van der Waals surface area contributed by atoms with Gasteiger partial charge in [0.15, 0.2) is 5.96 Å². The highest BCUT2D eigenvalue weighted by Gasteiger charge is 2.24. The molecule has 140 valence electrons. The first-order chi connectivity index (χ1) is 12.0. The zero-order valence-electron chi connectivity index (χ0n) is 15.6. The van der Waals surface area contributed by atoms with Gasteiger partial charge in [-0.2, -0.15) is 0 Å². The molecule has 2 rings (SSSR count). The molecule has 3 N–H and O–H groups in total. The van der Waals surface area contributed by atoms with E-state index in [2.05, 4.69) is 22.0 Å². The van der Waals surface area contributed by atoms with E-state index in [1.54, 1.807) is 6.26 Å². The van der Waals surface area contributed by atoms with E-state index < -0.39 is 0 Å². The molecule has 1 aromatic rings. The number of nitrogens with two attached hydrogens (primary N) is 1. The van der Waals surface area contributed by atoms with Crippen molar-refractivity contribution in [3.8, 4) is 0 Å². The van der Waals surface area contributed by atoms with Crippen LogP contribution in [0.15, 0.2) is 27.8 Å². The van der Waals surface area contributed by atoms with E-state index in [-0.39, 0.29) is 11.9 Å². The van der Waals surface area contributed by atoms with Crippen molar-refractivity contribution in [2.45, 2.75) is 32.2 Å². The van der Waals surface area contributed by atoms with Crippen LogP contribution in [0.3, 0.4) is 0 Å². The summed E-state index contributed by atoms with van der Waals surface area (Å²) in [4.78, 5) is 20.4. The number of aliphatic imine (C=N–C) groups is 1. The van der Waals surface area contributed by atoms with E-state index in [9.17, 15) is 4.79 Å². The number of likely N-dealkylation sites (N-methyl/N-ethyl adjacent to an activating group) is 1. The number of nitrogens with one attached hydrogen (secondary N) is 1. The van der Waals surface area contributed by atoms with Gasteiger partial charge in [0.2, 0.25) is 5.91 Å². The third kappa shape index (κ3) is 5.77. The van der Waals surface area contributed by atoms with Crippen molar-refractivity contribution in [3.05, 3.63) is 24.2 Å². The van der Waals surface area contributed by atoms with Gasteiger partial charge >= 0.3 is 0 Å². The molecule has 7 heteroatoms. The first-order valence-corrected chi connectivity index (χ1v) is 9.02. The lowest BCUT2D eigenvalue weighted by Gasteiger charge is -2.35. The minimum absolute atomic E-state index is 0.0925. The maximum Gasteiger partial charge on any atom is 0.217 e. The van der Waals surface area contributed by atoms with Gasteiger partial charge in [0, 0.05) is 26.1 Å². The molecule has 1 aliphatic rings. The molecule has 2 unspecified atom stereocenters. The number of guanidine groups is 1. The fourth-order valence-electron chi connectivity index (χ4n) is 3.30. The van der Waals surface area contributed by atoms with Crippen molar-refractivity contribution in [2.24, 2.45) is 16.6 Å². The van der Waals surface area contributed by atoms with Gasteiger partial charge in [-0.15, -0.1) is 0 Å². The van der Waals surface area contributed by atoms with Gasteiger partial charge in [0.1, 0.15) is 5.76 Å². The Morgan fingerprint density at radius 2 is 2.36 bits per heavy atom. The summed E-state index contributed by atoms with van der Waals surface area (Å²) in [5.41, 5.74) is 5.37. The van der Waals surface area contributed by atoms with Crippen LogP contribution in [0.4, 0.5) is 0 Å². The molecular formula is C18H31N5O2. The highest BCUT2D eigenvalue weighted by atomic mass is 16.3. The summed E-state index contributed by atoms with van der Waals surface area (Å²) in [5, 5.41) is 3.38. The fraction of sp³-hybridized carbons (Fsp3) is 0.667. The van der Waals surface area contributed by atoms with E-state index in [0.29, 0.717) is 18.9 Å². The number of likely N-dealkylation sites (tertiary alicyclic amines) is 1. The fourth-order valence-corrected chi connectivity index (χ4v) is 3.30. The Bertz CT molecular complexity index is 556. The Labute approximate surface area is 150 Å². The summed E-state index contributed by atoms with van der Waals surface area (Å²) in [5.74, 6) is 1.90. The molecule has 1 aromatic heterocycles. The van der Waals surface area contributed by atoms with Crippen LogP contribution >= 0.6 is 0 Å². The van der Waals surface area contributed by atoms with Crippen LogP contribution in [-0.2, 0) is 4.79 Å². The molecule has 1 fully saturated rings. The van der Waals surface area contributed by atoms with Gasteiger partial charge in [-0.05, 0) is 51.9 Å². The van der Waals surface area contributed by atoms with Crippen LogP contribution in [0.2, 0.25) is 0 Å². The average Bonchev–Trinajstić information content (AvgIpc) is 3.07. The Balaban J connectivity index is 2.07. The standard InChI is InChI=1S/C18H31N5O2/c1-4-20-18(23-9-5-7-14(13-23)11-17(19)24)21-12-15(22(2)3)16-8-6-10-25-16/h6,8,10,14-15H,4-5,7,9,11-13H2,1-3H3,(H2,19,24)(H,20,21). The van der Waals surface area contributed by atoms with Gasteiger partial charge < -0.3 is 20.4 Å². The number of carbonyl (C=O) groups excluding carboxylic acids is 1. The third-order valence-electron chi connectivity index (χ3n) is 4.55. The minimum Gasteiger partial charge on any atom is -0.468 e. The second kappa shape index (κ2) is 9.46. The monoisotopic (exact) mass is 349 g/mol. The van der Waals surface area contributed by atoms with Crippen LogP contribution < -0.4 is 11.1 Å². The third-order valence-corrected chi connectivity index (χ3v) is 4.55. The molecule has 1 amide bonds. The normalized spacial score (nSPS) is 19.9. The summed E-state index contributed by atoms with van der Waals surface area (Å²) in [6.07, 6.45) is 4.24. The summed E-state index contributed by atoms with van der Waals surface area (Å²) >= 11 is 0. The SMILES string of the molecule is CCNC(=NCC(c1ccco1)N(C)C)N1CCCC(CC(N)=O)C1. The molecule has 2 atom stereocenters. The zero-order valence-corrected chi connectivity index (χ0v) is 15.6. The van der Waals surface area contributed by atoms with Gasteiger partial charge in [-0.3, -0.25) is 14.7 Å². The van der Waals surface area contributed by atoms with E-state index in [1.165, 1.54) is 0 Å². The first kappa shape index (κ1) is 19.3. The summed E-state index contributed by atoms with van der Waals surface area (Å²) < 4.78 is 5.56. The van der Waals surface area contributed by atoms with E-state index in [0.717, 1.165) is 44.2 Å². The van der Waals surface area contributed by atoms with Crippen LogP contribution in [0.25, 0.3) is 0 Å². The Morgan fingerprint density at radius 1 is 1.56 bits per heavy atom. The Kier molecular flexibility index (Phi) is 7.31. The second-order valence-electron chi connectivity index (χ2n) is 6.81. The van der Waals surface area contributed by atoms with Crippen LogP contribution in [-0.4, -0.2) is 61.9 Å². The van der Waals surface area contributed by atoms with Crippen LogP contribution in [0.5, 0.6) is 0 Å². The predicted molar refractivity (Wildman–Crippen MR) is 99.2 cm³/mol. The van der Waals surface area contributed by atoms with Crippen molar-refractivity contribution in [3.63, 3.8) is 0 Å². The molecule has 0 bridgehead atoms. The molecular weight excluding hydrogens is 318 g/mol. The molecule has 1 aliphatic heterocycles. The first-order valence-electron chi connectivity index (χ1n) is 9.02. The van der Waals surface area contributed by atoms with Crippen LogP contribution in [0, 0.1) is 5.92 Å². The number of rotatable bonds is 7. The van der Waals surface area contributed by atoms with Crippen molar-refractivity contribution in [2.75, 3.05) is 40.3 Å². The van der Waals surface area contributed by atoms with E-state index in [1.807, 2.05) is 26.2 Å². The topological polar surface area (TPSA) is 87.1 Å². The number of carbonyl (C=O) groups is 1. The average molecular weight is 349 g/mol. The van der Waals surface area contributed by atoms with Gasteiger partial charge in [-0.1, -0.05) is 0 Å². The quantitative estimate of drug-likeness (QED) is 0.574. The molecule has 0 radical (unpaired) electrons. The number of amides is 1. The molecule has 0 saturated carbocycles. The lowest BCUT2D eigenvalue weighted by molar-refractivity contribution is -0.119. The number of hydrogen-bond donors (Lipinski definition) is 2. The molecule has 7 nitrogen and oxygen atoms in total. The molecule has 1 saturated heterocycles. The number of nitrogens with zero attached hydrogens (tertiary/aromatic N) is 3. The molecule has 2 heterocycles. The van der Waals surface area contributed by atoms with Crippen molar-refractivity contribution >= 4 is 11.9 Å². The molecule has 25 heavy (non-hydrogen) atoms. The van der Waals surface area contributed by atoms with E-state index in [4.69, 9.17) is 15.1 Å². The van der Waals surface area contributed by atoms with Gasteiger partial charge in [0.05, 0.1) is 18.8 Å². The number of primary amides is 1. The maximum absolute atomic E-state index is 11.2. The highest BCUT2D eigenvalue weighted by molar-refractivity contribution is 5.80. The van der Waals surface area contributed by atoms with Crippen molar-refractivity contribution in [1.29, 1.82) is 0 Å².